The van der Waals surface area contributed by atoms with Gasteiger partial charge in [-0.25, -0.2) is 4.79 Å². The van der Waals surface area contributed by atoms with Gasteiger partial charge in [0.25, 0.3) is 5.91 Å². The maximum atomic E-state index is 14.1. The number of rotatable bonds is 10. The van der Waals surface area contributed by atoms with Crippen LogP contribution in [-0.2, 0) is 20.8 Å². The quantitative estimate of drug-likeness (QED) is 0.227. The third kappa shape index (κ3) is 7.62. The second kappa shape index (κ2) is 14.7. The molecule has 10 nitrogen and oxygen atoms in total. The minimum Gasteiger partial charge on any atom is -0.497 e. The summed E-state index contributed by atoms with van der Waals surface area (Å²) in [6.07, 6.45) is 3.50. The molecule has 0 radical (unpaired) electrons. The summed E-state index contributed by atoms with van der Waals surface area (Å²) in [5, 5.41) is 19.1. The molecule has 2 fully saturated rings. The molecule has 0 bridgehead atoms. The van der Waals surface area contributed by atoms with Gasteiger partial charge in [-0.2, -0.15) is 0 Å². The third-order valence-corrected chi connectivity index (χ3v) is 9.37. The summed E-state index contributed by atoms with van der Waals surface area (Å²) in [6, 6.07) is 20.6. The summed E-state index contributed by atoms with van der Waals surface area (Å²) in [5.41, 5.74) is 0.991. The Morgan fingerprint density at radius 3 is 2.39 bits per heavy atom. The van der Waals surface area contributed by atoms with Crippen LogP contribution in [0.1, 0.15) is 55.7 Å². The van der Waals surface area contributed by atoms with Crippen molar-refractivity contribution in [3.05, 3.63) is 95.0 Å². The highest BCUT2D eigenvalue weighted by Crippen LogP contribution is 2.40. The van der Waals surface area contributed by atoms with E-state index in [2.05, 4.69) is 16.0 Å². The number of carboxylic acids is 1. The number of methoxy groups -OCH3 is 1. The Labute approximate surface area is 273 Å². The fourth-order valence-electron chi connectivity index (χ4n) is 6.49. The number of carbonyl (C=O) groups is 4. The molecule has 46 heavy (non-hydrogen) atoms. The number of benzene rings is 3. The van der Waals surface area contributed by atoms with Crippen molar-refractivity contribution in [3.8, 4) is 5.75 Å². The average Bonchev–Trinajstić information content (AvgIpc) is 3.56. The molecule has 2 aliphatic rings. The van der Waals surface area contributed by atoms with E-state index in [1.54, 1.807) is 48.5 Å². The first-order valence-electron chi connectivity index (χ1n) is 15.5. The average molecular weight is 647 g/mol. The van der Waals surface area contributed by atoms with Gasteiger partial charge in [0, 0.05) is 12.6 Å². The standard InChI is InChI=1S/C35H39ClN4O6/c1-46-26-12-7-11-24(21-26)30(39-34(45)38-28-14-6-5-13-27(28)36)32(42)40-20-8-15-29(40)31(41)37-25-16-18-35(19-17-25,33(43)44)22-23-9-3-2-4-10-23/h2-7,9-14,21,25,29-30H,8,15-20,22H2,1H3,(H,37,41)(H,43,44)(H2,38,39,45). The Balaban J connectivity index is 1.27. The number of ether oxygens (including phenoxy) is 1. The Morgan fingerprint density at radius 2 is 1.70 bits per heavy atom. The lowest BCUT2D eigenvalue weighted by atomic mass is 9.69. The van der Waals surface area contributed by atoms with E-state index in [9.17, 15) is 24.3 Å². The maximum absolute atomic E-state index is 14.1. The number of carboxylic acid groups (broad SMARTS) is 1. The molecule has 3 aromatic carbocycles. The second-order valence-electron chi connectivity index (χ2n) is 12.0. The number of aliphatic carboxylic acids is 1. The van der Waals surface area contributed by atoms with E-state index < -0.39 is 35.4 Å². The number of likely N-dealkylation sites (tertiary alicyclic amines) is 1. The summed E-state index contributed by atoms with van der Waals surface area (Å²) >= 11 is 6.22. The summed E-state index contributed by atoms with van der Waals surface area (Å²) in [6.45, 7) is 0.356. The molecule has 2 atom stereocenters. The number of anilines is 1. The summed E-state index contributed by atoms with van der Waals surface area (Å²) in [4.78, 5) is 54.7. The van der Waals surface area contributed by atoms with E-state index in [0.717, 1.165) is 5.56 Å². The van der Waals surface area contributed by atoms with E-state index in [1.165, 1.54) is 12.0 Å². The normalized spacial score (nSPS) is 21.6. The fourth-order valence-corrected chi connectivity index (χ4v) is 6.68. The largest absolute Gasteiger partial charge is 0.497 e. The Bertz CT molecular complexity index is 1560. The van der Waals surface area contributed by atoms with Crippen LogP contribution in [0.5, 0.6) is 5.75 Å². The van der Waals surface area contributed by atoms with Gasteiger partial charge in [0.15, 0.2) is 0 Å². The third-order valence-electron chi connectivity index (χ3n) is 9.04. The van der Waals surface area contributed by atoms with Crippen LogP contribution in [0.15, 0.2) is 78.9 Å². The molecule has 11 heteroatoms. The number of nitrogens with one attached hydrogen (secondary N) is 3. The number of para-hydroxylation sites is 1. The monoisotopic (exact) mass is 646 g/mol. The zero-order chi connectivity index (χ0) is 32.7. The predicted octanol–water partition coefficient (Wildman–Crippen LogP) is 5.57. The number of halogens is 1. The van der Waals surface area contributed by atoms with Crippen molar-refractivity contribution >= 4 is 41.1 Å². The SMILES string of the molecule is COc1cccc(C(NC(=O)Nc2ccccc2Cl)C(=O)N2CCCC2C(=O)NC2CCC(Cc3ccccc3)(C(=O)O)CC2)c1. The van der Waals surface area contributed by atoms with Crippen LogP contribution in [0.25, 0.3) is 0 Å². The van der Waals surface area contributed by atoms with Crippen molar-refractivity contribution in [1.82, 2.24) is 15.5 Å². The van der Waals surface area contributed by atoms with Gasteiger partial charge in [0.2, 0.25) is 5.91 Å². The zero-order valence-corrected chi connectivity index (χ0v) is 26.5. The summed E-state index contributed by atoms with van der Waals surface area (Å²) in [7, 11) is 1.52. The van der Waals surface area contributed by atoms with Crippen LogP contribution in [0, 0.1) is 5.41 Å². The van der Waals surface area contributed by atoms with Gasteiger partial charge in [-0.1, -0.05) is 66.2 Å². The lowest BCUT2D eigenvalue weighted by molar-refractivity contribution is -0.151. The number of hydrogen-bond acceptors (Lipinski definition) is 5. The van der Waals surface area contributed by atoms with Crippen LogP contribution in [0.2, 0.25) is 5.02 Å². The smallest absolute Gasteiger partial charge is 0.320 e. The lowest BCUT2D eigenvalue weighted by Gasteiger charge is -2.38. The fraction of sp³-hybridized carbons (Fsp3) is 0.371. The van der Waals surface area contributed by atoms with Gasteiger partial charge < -0.3 is 30.7 Å². The van der Waals surface area contributed by atoms with E-state index in [-0.39, 0.29) is 11.9 Å². The molecule has 1 heterocycles. The zero-order valence-electron chi connectivity index (χ0n) is 25.7. The highest BCUT2D eigenvalue weighted by Gasteiger charge is 2.44. The van der Waals surface area contributed by atoms with Crippen molar-refractivity contribution in [2.45, 2.75) is 63.1 Å². The number of carbonyl (C=O) groups excluding carboxylic acids is 3. The summed E-state index contributed by atoms with van der Waals surface area (Å²) < 4.78 is 5.36. The molecule has 0 aromatic heterocycles. The van der Waals surface area contributed by atoms with Crippen LogP contribution < -0.4 is 20.7 Å². The molecule has 1 aliphatic carbocycles. The predicted molar refractivity (Wildman–Crippen MR) is 175 cm³/mol. The van der Waals surface area contributed by atoms with Crippen LogP contribution in [-0.4, -0.2) is 59.6 Å². The lowest BCUT2D eigenvalue weighted by Crippen LogP contribution is -2.53. The van der Waals surface area contributed by atoms with E-state index in [4.69, 9.17) is 16.3 Å². The Morgan fingerprint density at radius 1 is 0.978 bits per heavy atom. The number of urea groups is 1. The first kappa shape index (κ1) is 32.8. The van der Waals surface area contributed by atoms with Gasteiger partial charge in [-0.3, -0.25) is 14.4 Å². The van der Waals surface area contributed by atoms with Gasteiger partial charge in [0.1, 0.15) is 17.8 Å². The van der Waals surface area contributed by atoms with Gasteiger partial charge in [-0.15, -0.1) is 0 Å². The van der Waals surface area contributed by atoms with Crippen molar-refractivity contribution in [1.29, 1.82) is 0 Å². The molecule has 1 saturated carbocycles. The molecule has 1 saturated heterocycles. The first-order valence-corrected chi connectivity index (χ1v) is 15.9. The van der Waals surface area contributed by atoms with Gasteiger partial charge >= 0.3 is 12.0 Å². The van der Waals surface area contributed by atoms with Gasteiger partial charge in [0.05, 0.1) is 23.2 Å². The molecule has 0 spiro atoms. The molecule has 1 aliphatic heterocycles. The van der Waals surface area contributed by atoms with Crippen molar-refractivity contribution in [2.24, 2.45) is 5.41 Å². The summed E-state index contributed by atoms with van der Waals surface area (Å²) in [5.74, 6) is -0.993. The van der Waals surface area contributed by atoms with E-state index in [0.29, 0.717) is 73.5 Å². The molecule has 3 aromatic rings. The van der Waals surface area contributed by atoms with Crippen molar-refractivity contribution in [3.63, 3.8) is 0 Å². The highest BCUT2D eigenvalue weighted by molar-refractivity contribution is 6.33. The molecule has 5 rings (SSSR count). The number of nitrogens with zero attached hydrogens (tertiary/aromatic N) is 1. The Kier molecular flexibility index (Phi) is 10.5. The number of amides is 4. The van der Waals surface area contributed by atoms with Crippen LogP contribution in [0.3, 0.4) is 0 Å². The molecular weight excluding hydrogens is 608 g/mol. The molecule has 4 amide bonds. The van der Waals surface area contributed by atoms with Crippen molar-refractivity contribution < 1.29 is 29.0 Å². The topological polar surface area (TPSA) is 137 Å². The minimum absolute atomic E-state index is 0.193. The van der Waals surface area contributed by atoms with Crippen LogP contribution in [0.4, 0.5) is 10.5 Å². The molecule has 4 N–H and O–H groups in total. The van der Waals surface area contributed by atoms with E-state index in [1.807, 2.05) is 30.3 Å². The molecular formula is C35H39ClN4O6. The van der Waals surface area contributed by atoms with Crippen LogP contribution >= 0.6 is 11.6 Å². The highest BCUT2D eigenvalue weighted by atomic mass is 35.5. The van der Waals surface area contributed by atoms with Gasteiger partial charge in [-0.05, 0) is 80.3 Å². The Hall–Kier alpha value is -4.57. The van der Waals surface area contributed by atoms with E-state index >= 15 is 0 Å². The number of hydrogen-bond donors (Lipinski definition) is 4. The minimum atomic E-state index is -1.10. The molecule has 2 unspecified atom stereocenters. The van der Waals surface area contributed by atoms with Crippen molar-refractivity contribution in [2.75, 3.05) is 19.0 Å². The first-order chi connectivity index (χ1) is 22.2. The maximum Gasteiger partial charge on any atom is 0.320 e. The molecule has 242 valence electrons. The second-order valence-corrected chi connectivity index (χ2v) is 12.4.